The second-order valence-electron chi connectivity index (χ2n) is 9.33. The molecule has 0 bridgehead atoms. The third-order valence-corrected chi connectivity index (χ3v) is 5.82. The number of likely N-dealkylation sites (tertiary alicyclic amines) is 1. The van der Waals surface area contributed by atoms with Gasteiger partial charge in [0.1, 0.15) is 17.1 Å². The summed E-state index contributed by atoms with van der Waals surface area (Å²) in [5.41, 5.74) is 3.85. The van der Waals surface area contributed by atoms with E-state index < -0.39 is 5.60 Å². The predicted octanol–water partition coefficient (Wildman–Crippen LogP) is 6.10. The Morgan fingerprint density at radius 2 is 1.66 bits per heavy atom. The minimum Gasteiger partial charge on any atom is -0.444 e. The number of piperidine rings is 1. The lowest BCUT2D eigenvalue weighted by Gasteiger charge is -2.33. The molecule has 6 heteroatoms. The van der Waals surface area contributed by atoms with E-state index in [4.69, 9.17) is 9.84 Å². The fourth-order valence-corrected chi connectivity index (χ4v) is 4.30. The molecule has 3 aromatic rings. The van der Waals surface area contributed by atoms with Crippen molar-refractivity contribution in [2.75, 3.05) is 13.1 Å². The zero-order chi connectivity index (χ0) is 22.9. The molecule has 0 unspecified atom stereocenters. The normalized spacial score (nSPS) is 15.1. The highest BCUT2D eigenvalue weighted by Crippen LogP contribution is 2.36. The number of aromatic nitrogens is 2. The van der Waals surface area contributed by atoms with Crippen molar-refractivity contribution < 1.29 is 13.9 Å². The van der Waals surface area contributed by atoms with Gasteiger partial charge in [-0.1, -0.05) is 42.5 Å². The molecule has 0 saturated carbocycles. The number of amides is 1. The summed E-state index contributed by atoms with van der Waals surface area (Å²) in [6.45, 7) is 8.92. The van der Waals surface area contributed by atoms with Crippen molar-refractivity contribution in [2.24, 2.45) is 0 Å². The molecule has 1 aliphatic rings. The number of halogens is 1. The molecular weight excluding hydrogens is 405 g/mol. The van der Waals surface area contributed by atoms with Crippen molar-refractivity contribution in [2.45, 2.75) is 52.1 Å². The van der Waals surface area contributed by atoms with Crippen LogP contribution in [0.1, 0.15) is 50.8 Å². The molecule has 2 heterocycles. The summed E-state index contributed by atoms with van der Waals surface area (Å²) in [4.78, 5) is 14.2. The first-order valence-electron chi connectivity index (χ1n) is 11.1. The van der Waals surface area contributed by atoms with Gasteiger partial charge in [-0.2, -0.15) is 5.10 Å². The van der Waals surface area contributed by atoms with Crippen LogP contribution in [-0.2, 0) is 4.74 Å². The van der Waals surface area contributed by atoms with Gasteiger partial charge in [-0.3, -0.25) is 0 Å². The van der Waals surface area contributed by atoms with Gasteiger partial charge >= 0.3 is 6.09 Å². The maximum absolute atomic E-state index is 14.7. The molecule has 1 aromatic heterocycles. The van der Waals surface area contributed by atoms with Crippen LogP contribution in [0.2, 0.25) is 0 Å². The molecule has 5 nitrogen and oxygen atoms in total. The Morgan fingerprint density at radius 3 is 2.28 bits per heavy atom. The number of hydrogen-bond donors (Lipinski definition) is 0. The Hall–Kier alpha value is -3.15. The zero-order valence-electron chi connectivity index (χ0n) is 19.1. The molecule has 1 amide bonds. The average Bonchev–Trinajstić information content (AvgIpc) is 3.10. The van der Waals surface area contributed by atoms with Gasteiger partial charge in [0.25, 0.3) is 0 Å². The molecular formula is C26H30FN3O2. The van der Waals surface area contributed by atoms with Crippen LogP contribution in [0.25, 0.3) is 16.9 Å². The highest BCUT2D eigenvalue weighted by atomic mass is 19.1. The fourth-order valence-electron chi connectivity index (χ4n) is 4.30. The number of hydrogen-bond acceptors (Lipinski definition) is 3. The molecule has 1 saturated heterocycles. The van der Waals surface area contributed by atoms with E-state index in [0.717, 1.165) is 35.4 Å². The third-order valence-electron chi connectivity index (χ3n) is 5.82. The number of carbonyl (C=O) groups excluding carboxylic acids is 1. The molecule has 0 N–H and O–H groups in total. The number of ether oxygens (including phenoxy) is 1. The van der Waals surface area contributed by atoms with Gasteiger partial charge in [-0.05, 0) is 58.2 Å². The summed E-state index contributed by atoms with van der Waals surface area (Å²) < 4.78 is 22.0. The van der Waals surface area contributed by atoms with Crippen molar-refractivity contribution in [1.29, 1.82) is 0 Å². The number of carbonyl (C=O) groups is 1. The average molecular weight is 436 g/mol. The molecule has 1 aliphatic heterocycles. The summed E-state index contributed by atoms with van der Waals surface area (Å²) in [6, 6.07) is 16.7. The van der Waals surface area contributed by atoms with Gasteiger partial charge in [-0.25, -0.2) is 13.9 Å². The van der Waals surface area contributed by atoms with Gasteiger partial charge in [0, 0.05) is 24.6 Å². The van der Waals surface area contributed by atoms with Crippen molar-refractivity contribution in [3.8, 4) is 16.9 Å². The topological polar surface area (TPSA) is 47.4 Å². The van der Waals surface area contributed by atoms with Crippen LogP contribution in [-0.4, -0.2) is 39.5 Å². The van der Waals surface area contributed by atoms with E-state index >= 15 is 0 Å². The quantitative estimate of drug-likeness (QED) is 0.499. The van der Waals surface area contributed by atoms with Crippen LogP contribution in [0.3, 0.4) is 0 Å². The lowest BCUT2D eigenvalue weighted by molar-refractivity contribution is 0.0204. The highest BCUT2D eigenvalue weighted by Gasteiger charge is 2.31. The summed E-state index contributed by atoms with van der Waals surface area (Å²) in [7, 11) is 0. The Kier molecular flexibility index (Phi) is 6.04. The summed E-state index contributed by atoms with van der Waals surface area (Å²) >= 11 is 0. The zero-order valence-corrected chi connectivity index (χ0v) is 19.1. The molecule has 0 radical (unpaired) electrons. The molecule has 168 valence electrons. The minimum atomic E-state index is -0.506. The second-order valence-corrected chi connectivity index (χ2v) is 9.33. The van der Waals surface area contributed by atoms with Crippen LogP contribution < -0.4 is 0 Å². The Bertz CT molecular complexity index is 1090. The molecule has 0 atom stereocenters. The molecule has 0 aliphatic carbocycles. The Balaban J connectivity index is 1.65. The van der Waals surface area contributed by atoms with Crippen LogP contribution in [0.4, 0.5) is 9.18 Å². The highest BCUT2D eigenvalue weighted by molar-refractivity contribution is 5.69. The Labute approximate surface area is 188 Å². The van der Waals surface area contributed by atoms with Crippen LogP contribution >= 0.6 is 0 Å². The largest absolute Gasteiger partial charge is 0.444 e. The SMILES string of the molecule is Cc1c(C2CCN(C(=O)OC(C)(C)C)CC2)nn(-c2ccccc2F)c1-c1ccccc1. The van der Waals surface area contributed by atoms with Crippen molar-refractivity contribution in [3.05, 3.63) is 71.7 Å². The van der Waals surface area contributed by atoms with Gasteiger partial charge in [-0.15, -0.1) is 0 Å². The van der Waals surface area contributed by atoms with Crippen LogP contribution in [0, 0.1) is 12.7 Å². The van der Waals surface area contributed by atoms with E-state index in [2.05, 4.69) is 6.92 Å². The second kappa shape index (κ2) is 8.77. The smallest absolute Gasteiger partial charge is 0.410 e. The van der Waals surface area contributed by atoms with E-state index in [1.807, 2.05) is 57.2 Å². The lowest BCUT2D eigenvalue weighted by Crippen LogP contribution is -2.41. The molecule has 1 fully saturated rings. The maximum atomic E-state index is 14.7. The predicted molar refractivity (Wildman–Crippen MR) is 123 cm³/mol. The van der Waals surface area contributed by atoms with E-state index in [9.17, 15) is 9.18 Å². The van der Waals surface area contributed by atoms with E-state index in [1.165, 1.54) is 6.07 Å². The van der Waals surface area contributed by atoms with Gasteiger partial charge in [0.05, 0.1) is 11.4 Å². The first-order chi connectivity index (χ1) is 15.2. The molecule has 0 spiro atoms. The summed E-state index contributed by atoms with van der Waals surface area (Å²) in [6.07, 6.45) is 1.32. The van der Waals surface area contributed by atoms with Crippen molar-refractivity contribution >= 4 is 6.09 Å². The summed E-state index contributed by atoms with van der Waals surface area (Å²) in [5.74, 6) is -0.109. The molecule has 32 heavy (non-hydrogen) atoms. The first kappa shape index (κ1) is 22.1. The number of nitrogens with zero attached hydrogens (tertiary/aromatic N) is 3. The standard InChI is InChI=1S/C26H30FN3O2/c1-18-23(19-14-16-29(17-15-19)25(31)32-26(2,3)4)28-30(22-13-9-8-12-21(22)27)24(18)20-10-6-5-7-11-20/h5-13,19H,14-17H2,1-4H3. The van der Waals surface area contributed by atoms with Crippen LogP contribution in [0.5, 0.6) is 0 Å². The van der Waals surface area contributed by atoms with Gasteiger partial charge in [0.15, 0.2) is 0 Å². The number of rotatable bonds is 3. The van der Waals surface area contributed by atoms with E-state index in [1.54, 1.807) is 21.7 Å². The van der Waals surface area contributed by atoms with Crippen molar-refractivity contribution in [3.63, 3.8) is 0 Å². The third kappa shape index (κ3) is 4.54. The van der Waals surface area contributed by atoms with Gasteiger partial charge < -0.3 is 9.64 Å². The minimum absolute atomic E-state index is 0.198. The first-order valence-corrected chi connectivity index (χ1v) is 11.1. The molecule has 2 aromatic carbocycles. The fraction of sp³-hybridized carbons (Fsp3) is 0.385. The van der Waals surface area contributed by atoms with Crippen LogP contribution in [0.15, 0.2) is 54.6 Å². The number of para-hydroxylation sites is 1. The maximum Gasteiger partial charge on any atom is 0.410 e. The summed E-state index contributed by atoms with van der Waals surface area (Å²) in [5, 5.41) is 4.91. The Morgan fingerprint density at radius 1 is 1.03 bits per heavy atom. The van der Waals surface area contributed by atoms with E-state index in [-0.39, 0.29) is 17.8 Å². The molecule has 4 rings (SSSR count). The number of benzene rings is 2. The van der Waals surface area contributed by atoms with Crippen molar-refractivity contribution in [1.82, 2.24) is 14.7 Å². The monoisotopic (exact) mass is 435 g/mol. The van der Waals surface area contributed by atoms with E-state index in [0.29, 0.717) is 18.8 Å². The van der Waals surface area contributed by atoms with Gasteiger partial charge in [0.2, 0.25) is 0 Å². The lowest BCUT2D eigenvalue weighted by atomic mass is 9.90.